The standard InChI is InChI=1S/C26H49N2O6P.C24H38O5.C17H32O5.C13H20O2.C12H19NO4/c1-19(2)28(20(3)4)35(33-17-13-14-27)32-16-12-10-9-11-15-30-26-23(7)21(5)22(6)25(34-26)18-31-24(8)29;1-18-19(2)23(17-28-21(4)25)29-24(20(18)3)27-15-11-6-5-10-14-26-16-22-12-8-7-9-13-22;1-12-13(2)16(11-21-15(4)19)22-17(14(12)3)20-10-8-6-5-7-9-18;14-10-6-1-2-7-11-15-12-13-8-4-3-5-9-13;1-6-7(2)11-12(16-8(3)13-11)17-10(6)5-15-9(4)14/h19-23,25-26H,9-13,15-18H2,1-8H3;7-9,12-13,18-20,23-24H,5-6,10-11,14-17H2,1-4H3;12-14,16-18H,5-11H2,1-4H3;3-5,8-9,14H,1-2,6-7,10-12H2;6-7,10-12H,5H2,1-4H3/t21-,22+,23?,25?,26+,35?;18-,19+,20?,23?,24+;12-,13+,14?,16?,17+;;6-,7+,10?,11?,12-/m000.1/s1. The molecule has 5 heterocycles. The number of nitriles is 1. The molecule has 0 aromatic heterocycles. The van der Waals surface area contributed by atoms with Gasteiger partial charge in [-0.15, -0.1) is 0 Å². The second-order valence-electron chi connectivity index (χ2n) is 33.3. The average molecular weight is 1690 g/mol. The normalized spacial score (nSPS) is 27.3. The molecule has 2 aromatic rings. The summed E-state index contributed by atoms with van der Waals surface area (Å²) in [4.78, 5) is 48.6. The van der Waals surface area contributed by atoms with E-state index in [1.807, 2.05) is 43.3 Å². The first-order valence-electron chi connectivity index (χ1n) is 44.3. The second-order valence-corrected chi connectivity index (χ2v) is 34.7. The van der Waals surface area contributed by atoms with Gasteiger partial charge in [0.15, 0.2) is 24.8 Å². The molecule has 21 atom stereocenters. The van der Waals surface area contributed by atoms with Gasteiger partial charge in [0.05, 0.1) is 63.3 Å². The number of aliphatic imine (C=N–C) groups is 1. The third kappa shape index (κ3) is 43.5. The van der Waals surface area contributed by atoms with Crippen molar-refractivity contribution in [1.82, 2.24) is 4.67 Å². The summed E-state index contributed by atoms with van der Waals surface area (Å²) in [5.41, 5.74) is 2.45. The van der Waals surface area contributed by atoms with E-state index in [9.17, 15) is 19.2 Å². The molecule has 0 amide bonds. The van der Waals surface area contributed by atoms with Crippen molar-refractivity contribution in [1.29, 1.82) is 5.26 Å². The highest BCUT2D eigenvalue weighted by Gasteiger charge is 2.47. The van der Waals surface area contributed by atoms with Gasteiger partial charge in [0.25, 0.3) is 8.53 Å². The molecule has 0 saturated carbocycles. The van der Waals surface area contributed by atoms with Crippen LogP contribution in [0.4, 0.5) is 0 Å². The van der Waals surface area contributed by atoms with Gasteiger partial charge in [-0.2, -0.15) is 5.26 Å². The maximum atomic E-state index is 11.2. The molecule has 2 N–H and O–H groups in total. The molecule has 25 nitrogen and oxygen atoms in total. The van der Waals surface area contributed by atoms with Gasteiger partial charge in [-0.25, -0.2) is 9.66 Å². The largest absolute Gasteiger partial charge is 0.463 e. The summed E-state index contributed by atoms with van der Waals surface area (Å²) in [6, 6.07) is 23.3. The lowest BCUT2D eigenvalue weighted by Gasteiger charge is -2.43. The predicted octanol–water partition coefficient (Wildman–Crippen LogP) is 17.9. The zero-order chi connectivity index (χ0) is 87.3. The molecular formula is C92H158N3O22P. The van der Waals surface area contributed by atoms with E-state index in [0.29, 0.717) is 144 Å². The third-order valence-electron chi connectivity index (χ3n) is 23.3. The molecule has 118 heavy (non-hydrogen) atoms. The van der Waals surface area contributed by atoms with Gasteiger partial charge in [-0.05, 0) is 138 Å². The zero-order valence-corrected chi connectivity index (χ0v) is 76.8. The maximum Gasteiger partial charge on any atom is 0.302 e. The van der Waals surface area contributed by atoms with Gasteiger partial charge in [0.2, 0.25) is 6.29 Å². The lowest BCUT2D eigenvalue weighted by atomic mass is 9.79. The molecule has 5 aliphatic rings. The van der Waals surface area contributed by atoms with Gasteiger partial charge < -0.3 is 85.6 Å². The molecular weight excluding hydrogens is 1530 g/mol. The molecule has 7 rings (SSSR count). The van der Waals surface area contributed by atoms with Crippen molar-refractivity contribution in [2.24, 2.45) is 70.1 Å². The van der Waals surface area contributed by atoms with Crippen molar-refractivity contribution in [3.63, 3.8) is 0 Å². The summed E-state index contributed by atoms with van der Waals surface area (Å²) >= 11 is 0. The Morgan fingerprint density at radius 1 is 0.424 bits per heavy atom. The fourth-order valence-electron chi connectivity index (χ4n) is 14.6. The summed E-state index contributed by atoms with van der Waals surface area (Å²) in [6.07, 6.45) is 15.4. The van der Waals surface area contributed by atoms with Gasteiger partial charge in [-0.3, -0.25) is 19.2 Å². The number of fused-ring (bicyclic) bond motifs is 1. The molecule has 4 fully saturated rings. The van der Waals surface area contributed by atoms with E-state index in [0.717, 1.165) is 116 Å². The average Bonchev–Trinajstić information content (AvgIpc) is 1.54. The number of benzene rings is 2. The minimum absolute atomic E-state index is 0.0681. The Labute approximate surface area is 712 Å². The number of rotatable bonds is 48. The summed E-state index contributed by atoms with van der Waals surface area (Å²) in [5.74, 6) is 3.44. The Balaban J connectivity index is 0.000000394. The number of hydrogen-bond acceptors (Lipinski definition) is 25. The van der Waals surface area contributed by atoms with Crippen LogP contribution in [-0.2, 0) is 108 Å². The number of esters is 4. The number of ether oxygens (including phenoxy) is 14. The van der Waals surface area contributed by atoms with Crippen LogP contribution in [0.25, 0.3) is 0 Å². The van der Waals surface area contributed by atoms with Crippen LogP contribution in [-0.4, -0.2) is 198 Å². The minimum atomic E-state index is -1.17. The van der Waals surface area contributed by atoms with Crippen LogP contribution in [0.2, 0.25) is 0 Å². The van der Waals surface area contributed by atoms with Crippen LogP contribution in [0, 0.1) is 76.4 Å². The summed E-state index contributed by atoms with van der Waals surface area (Å²) in [7, 11) is -1.17. The molecule has 678 valence electrons. The molecule has 2 aromatic carbocycles. The van der Waals surface area contributed by atoms with E-state index in [2.05, 4.69) is 144 Å². The number of hydrogen-bond donors (Lipinski definition) is 2. The molecule has 0 spiro atoms. The molecule has 4 saturated heterocycles. The first-order valence-corrected chi connectivity index (χ1v) is 45.5. The molecule has 9 unspecified atom stereocenters. The maximum absolute atomic E-state index is 11.2. The van der Waals surface area contributed by atoms with Gasteiger partial charge in [0, 0.05) is 111 Å². The number of carbonyl (C=O) groups excluding carboxylic acids is 4. The summed E-state index contributed by atoms with van der Waals surface area (Å²) in [6.45, 7) is 47.7. The van der Waals surface area contributed by atoms with Gasteiger partial charge in [-0.1, -0.05) is 188 Å². The molecule has 26 heteroatoms. The molecule has 0 radical (unpaired) electrons. The summed E-state index contributed by atoms with van der Waals surface area (Å²) in [5, 5.41) is 26.2. The third-order valence-corrected chi connectivity index (χ3v) is 25.4. The Bertz CT molecular complexity index is 2980. The molecule has 5 aliphatic heterocycles. The van der Waals surface area contributed by atoms with Crippen molar-refractivity contribution < 1.29 is 105 Å². The Hall–Kier alpha value is -4.85. The number of aliphatic hydroxyl groups excluding tert-OH is 2. The molecule has 0 bridgehead atoms. The molecule has 0 aliphatic carbocycles. The topological polar surface area (TPSA) is 296 Å². The van der Waals surface area contributed by atoms with Crippen molar-refractivity contribution in [3.05, 3.63) is 71.8 Å². The number of aliphatic hydroxyl groups is 2. The number of carbonyl (C=O) groups is 4. The van der Waals surface area contributed by atoms with Gasteiger partial charge in [0.1, 0.15) is 32.5 Å². The monoisotopic (exact) mass is 1690 g/mol. The SMILES string of the molecule is CC(=O)OCC1O[C@@H](OCCCCCCO)C(C)[C@@H](C)[C@H]1C.CC(=O)OCC1O[C@@H](OCCCCCCOCc2ccccc2)C(C)[C@@H](C)[C@H]1C.CC(=O)OCC1O[C@@H](OCCCCCCOP(OCCC#N)N(C(C)C)C(C)C)C(C)[C@@H](C)[C@H]1C.CC(=O)OCC1O[C@H]2OC(C)=NC2[C@@H](C)[C@H]1C.OCCCCCCOCc1ccccc1. The van der Waals surface area contributed by atoms with E-state index >= 15 is 0 Å². The zero-order valence-electron chi connectivity index (χ0n) is 76.0. The van der Waals surface area contributed by atoms with E-state index in [1.54, 1.807) is 0 Å². The van der Waals surface area contributed by atoms with Crippen molar-refractivity contribution in [2.75, 3.05) is 85.9 Å². The highest BCUT2D eigenvalue weighted by molar-refractivity contribution is 7.44. The van der Waals surface area contributed by atoms with Crippen LogP contribution in [0.5, 0.6) is 0 Å². The lowest BCUT2D eigenvalue weighted by Crippen LogP contribution is -2.49. The van der Waals surface area contributed by atoms with Crippen LogP contribution in [0.1, 0.15) is 259 Å². The first-order chi connectivity index (χ1) is 56.5. The smallest absolute Gasteiger partial charge is 0.302 e. The lowest BCUT2D eigenvalue weighted by molar-refractivity contribution is -0.255. The van der Waals surface area contributed by atoms with Crippen molar-refractivity contribution in [3.8, 4) is 6.07 Å². The number of nitrogens with zero attached hydrogens (tertiary/aromatic N) is 3. The highest BCUT2D eigenvalue weighted by Crippen LogP contribution is 2.47. The minimum Gasteiger partial charge on any atom is -0.463 e. The van der Waals surface area contributed by atoms with Crippen LogP contribution < -0.4 is 0 Å². The fraction of sp³-hybridized carbons (Fsp3) is 0.804. The van der Waals surface area contributed by atoms with E-state index in [4.69, 9.17) is 90.8 Å². The quantitative estimate of drug-likeness (QED) is 0.0269. The first kappa shape index (κ1) is 107. The van der Waals surface area contributed by atoms with Crippen LogP contribution in [0.15, 0.2) is 65.7 Å². The number of unbranched alkanes of at least 4 members (excludes halogenated alkanes) is 12. The van der Waals surface area contributed by atoms with Crippen LogP contribution in [0.3, 0.4) is 0 Å². The van der Waals surface area contributed by atoms with E-state index in [1.165, 1.54) is 38.8 Å². The Morgan fingerprint density at radius 2 is 0.737 bits per heavy atom. The van der Waals surface area contributed by atoms with Gasteiger partial charge >= 0.3 is 23.9 Å². The fourth-order valence-corrected chi connectivity index (χ4v) is 16.2. The Kier molecular flexibility index (Phi) is 57.4. The van der Waals surface area contributed by atoms with Crippen molar-refractivity contribution in [2.45, 2.75) is 329 Å². The van der Waals surface area contributed by atoms with Crippen molar-refractivity contribution >= 4 is 38.3 Å². The van der Waals surface area contributed by atoms with E-state index in [-0.39, 0.29) is 111 Å². The highest BCUT2D eigenvalue weighted by atomic mass is 31.2. The second kappa shape index (κ2) is 63.1. The Morgan fingerprint density at radius 3 is 1.07 bits per heavy atom. The van der Waals surface area contributed by atoms with E-state index < -0.39 is 8.53 Å². The van der Waals surface area contributed by atoms with Crippen LogP contribution >= 0.6 is 8.53 Å². The summed E-state index contributed by atoms with van der Waals surface area (Å²) < 4.78 is 93.7. The predicted molar refractivity (Wildman–Crippen MR) is 459 cm³/mol.